The number of hydrogen-bond acceptors (Lipinski definition) is 3. The molecule has 0 aromatic carbocycles. The van der Waals surface area contributed by atoms with Gasteiger partial charge in [-0.05, 0) is 37.3 Å². The van der Waals surface area contributed by atoms with Crippen LogP contribution in [0.3, 0.4) is 0 Å². The van der Waals surface area contributed by atoms with E-state index < -0.39 is 0 Å². The van der Waals surface area contributed by atoms with Crippen LogP contribution in [0, 0.1) is 5.92 Å². The number of pyridine rings is 1. The van der Waals surface area contributed by atoms with Gasteiger partial charge in [-0.2, -0.15) is 0 Å². The lowest BCUT2D eigenvalue weighted by Crippen LogP contribution is -2.36. The smallest absolute Gasteiger partial charge is 0.128 e. The molecule has 0 bridgehead atoms. The molecule has 2 unspecified atom stereocenters. The molecule has 0 radical (unpaired) electrons. The molecule has 1 heterocycles. The minimum absolute atomic E-state index is 0.0616. The van der Waals surface area contributed by atoms with Crippen LogP contribution in [0.5, 0.6) is 0 Å². The highest BCUT2D eigenvalue weighted by Crippen LogP contribution is 2.28. The molecule has 18 heavy (non-hydrogen) atoms. The van der Waals surface area contributed by atoms with Gasteiger partial charge in [-0.1, -0.05) is 25.8 Å². The van der Waals surface area contributed by atoms with Crippen LogP contribution in [0.25, 0.3) is 0 Å². The fourth-order valence-electron chi connectivity index (χ4n) is 2.82. The molecule has 1 aliphatic rings. The number of aromatic nitrogens is 1. The molecular formula is C15H25N3. The summed E-state index contributed by atoms with van der Waals surface area (Å²) in [6, 6.07) is 4.89. The van der Waals surface area contributed by atoms with Gasteiger partial charge in [0.15, 0.2) is 0 Å². The third-order valence-electron chi connectivity index (χ3n) is 4.11. The first-order valence-corrected chi connectivity index (χ1v) is 7.02. The molecule has 1 aromatic rings. The Morgan fingerprint density at radius 2 is 2.17 bits per heavy atom. The summed E-state index contributed by atoms with van der Waals surface area (Å²) >= 11 is 0. The van der Waals surface area contributed by atoms with Crippen LogP contribution < -0.4 is 10.6 Å². The Labute approximate surface area is 110 Å². The lowest BCUT2D eigenvalue weighted by molar-refractivity contribution is 0.335. The topological polar surface area (TPSA) is 42.1 Å². The summed E-state index contributed by atoms with van der Waals surface area (Å²) in [5.74, 6) is 1.91. The van der Waals surface area contributed by atoms with Gasteiger partial charge in [0.05, 0.1) is 0 Å². The van der Waals surface area contributed by atoms with Crippen LogP contribution in [0.1, 0.15) is 51.1 Å². The number of nitrogens with zero attached hydrogens (tertiary/aromatic N) is 2. The molecule has 1 aromatic heterocycles. The van der Waals surface area contributed by atoms with Gasteiger partial charge in [0.1, 0.15) is 5.82 Å². The van der Waals surface area contributed by atoms with Crippen LogP contribution in [0.15, 0.2) is 18.3 Å². The standard InChI is InChI=1S/C15H25N3/c1-11-5-4-6-14(9-11)18(3)15-8-7-13(10-17-15)12(2)16/h7-8,10-12,14H,4-6,9,16H2,1-3H3/t11?,12-,14?/m1/s1. The van der Waals surface area contributed by atoms with E-state index in [-0.39, 0.29) is 6.04 Å². The maximum Gasteiger partial charge on any atom is 0.128 e. The predicted octanol–water partition coefficient (Wildman–Crippen LogP) is 3.12. The summed E-state index contributed by atoms with van der Waals surface area (Å²) in [5, 5.41) is 0. The quantitative estimate of drug-likeness (QED) is 0.892. The first-order chi connectivity index (χ1) is 8.58. The molecule has 1 saturated carbocycles. The highest BCUT2D eigenvalue weighted by atomic mass is 15.2. The Kier molecular flexibility index (Phi) is 4.23. The van der Waals surface area contributed by atoms with Crippen LogP contribution >= 0.6 is 0 Å². The van der Waals surface area contributed by atoms with Crippen LogP contribution in [-0.4, -0.2) is 18.1 Å². The van der Waals surface area contributed by atoms with Crippen LogP contribution in [-0.2, 0) is 0 Å². The van der Waals surface area contributed by atoms with Crippen molar-refractivity contribution in [2.75, 3.05) is 11.9 Å². The van der Waals surface area contributed by atoms with Gasteiger partial charge in [-0.3, -0.25) is 0 Å². The summed E-state index contributed by atoms with van der Waals surface area (Å²) in [4.78, 5) is 6.88. The molecule has 1 fully saturated rings. The monoisotopic (exact) mass is 247 g/mol. The van der Waals surface area contributed by atoms with Gasteiger partial charge >= 0.3 is 0 Å². The van der Waals surface area contributed by atoms with E-state index in [2.05, 4.69) is 36.0 Å². The lowest BCUT2D eigenvalue weighted by atomic mass is 9.86. The molecule has 1 aliphatic carbocycles. The van der Waals surface area contributed by atoms with Gasteiger partial charge < -0.3 is 10.6 Å². The van der Waals surface area contributed by atoms with Gasteiger partial charge in [0, 0.05) is 25.3 Å². The summed E-state index contributed by atoms with van der Waals surface area (Å²) in [7, 11) is 2.16. The molecule has 3 heteroatoms. The van der Waals surface area contributed by atoms with E-state index in [1.165, 1.54) is 25.7 Å². The maximum atomic E-state index is 5.85. The van der Waals surface area contributed by atoms with Crippen molar-refractivity contribution in [2.24, 2.45) is 11.7 Å². The zero-order chi connectivity index (χ0) is 13.1. The fraction of sp³-hybridized carbons (Fsp3) is 0.667. The average Bonchev–Trinajstić information content (AvgIpc) is 2.38. The Morgan fingerprint density at radius 3 is 2.72 bits per heavy atom. The minimum atomic E-state index is 0.0616. The molecule has 2 rings (SSSR count). The third-order valence-corrected chi connectivity index (χ3v) is 4.11. The first-order valence-electron chi connectivity index (χ1n) is 7.02. The van der Waals surface area contributed by atoms with E-state index in [1.807, 2.05) is 13.1 Å². The fourth-order valence-corrected chi connectivity index (χ4v) is 2.82. The van der Waals surface area contributed by atoms with Crippen molar-refractivity contribution < 1.29 is 0 Å². The second kappa shape index (κ2) is 5.70. The van der Waals surface area contributed by atoms with E-state index in [1.54, 1.807) is 0 Å². The Morgan fingerprint density at radius 1 is 1.39 bits per heavy atom. The zero-order valence-electron chi connectivity index (χ0n) is 11.8. The van der Waals surface area contributed by atoms with E-state index in [9.17, 15) is 0 Å². The SMILES string of the molecule is CC1CCCC(N(C)c2ccc([C@@H](C)N)cn2)C1. The maximum absolute atomic E-state index is 5.85. The third kappa shape index (κ3) is 3.02. The summed E-state index contributed by atoms with van der Waals surface area (Å²) < 4.78 is 0. The van der Waals surface area contributed by atoms with Crippen molar-refractivity contribution in [2.45, 2.75) is 51.6 Å². The van der Waals surface area contributed by atoms with Crippen molar-refractivity contribution >= 4 is 5.82 Å². The van der Waals surface area contributed by atoms with E-state index in [0.29, 0.717) is 6.04 Å². The molecular weight excluding hydrogens is 222 g/mol. The van der Waals surface area contributed by atoms with E-state index >= 15 is 0 Å². The van der Waals surface area contributed by atoms with Gasteiger partial charge in [-0.15, -0.1) is 0 Å². The Hall–Kier alpha value is -1.09. The molecule has 0 aliphatic heterocycles. The summed E-state index contributed by atoms with van der Waals surface area (Å²) in [5.41, 5.74) is 6.95. The predicted molar refractivity (Wildman–Crippen MR) is 76.7 cm³/mol. The lowest BCUT2D eigenvalue weighted by Gasteiger charge is -2.35. The molecule has 2 N–H and O–H groups in total. The zero-order valence-corrected chi connectivity index (χ0v) is 11.8. The average molecular weight is 247 g/mol. The van der Waals surface area contributed by atoms with Crippen molar-refractivity contribution in [1.82, 2.24) is 4.98 Å². The van der Waals surface area contributed by atoms with Crippen LogP contribution in [0.4, 0.5) is 5.82 Å². The Balaban J connectivity index is 2.05. The molecule has 0 saturated heterocycles. The normalized spacial score (nSPS) is 25.8. The van der Waals surface area contributed by atoms with E-state index in [0.717, 1.165) is 17.3 Å². The summed E-state index contributed by atoms with van der Waals surface area (Å²) in [6.45, 7) is 4.34. The first kappa shape index (κ1) is 13.3. The van der Waals surface area contributed by atoms with Crippen molar-refractivity contribution in [3.8, 4) is 0 Å². The number of anilines is 1. The highest BCUT2D eigenvalue weighted by molar-refractivity contribution is 5.40. The van der Waals surface area contributed by atoms with Gasteiger partial charge in [0.2, 0.25) is 0 Å². The van der Waals surface area contributed by atoms with Crippen molar-refractivity contribution in [3.05, 3.63) is 23.9 Å². The second-order valence-corrected chi connectivity index (χ2v) is 5.77. The van der Waals surface area contributed by atoms with E-state index in [4.69, 9.17) is 5.73 Å². The number of rotatable bonds is 3. The molecule has 100 valence electrons. The van der Waals surface area contributed by atoms with Gasteiger partial charge in [-0.25, -0.2) is 4.98 Å². The van der Waals surface area contributed by atoms with Crippen molar-refractivity contribution in [3.63, 3.8) is 0 Å². The molecule has 3 nitrogen and oxygen atoms in total. The minimum Gasteiger partial charge on any atom is -0.357 e. The molecule has 0 spiro atoms. The Bertz CT molecular complexity index is 372. The van der Waals surface area contributed by atoms with Crippen LogP contribution in [0.2, 0.25) is 0 Å². The van der Waals surface area contributed by atoms with Gasteiger partial charge in [0.25, 0.3) is 0 Å². The summed E-state index contributed by atoms with van der Waals surface area (Å²) in [6.07, 6.45) is 7.20. The number of hydrogen-bond donors (Lipinski definition) is 1. The highest BCUT2D eigenvalue weighted by Gasteiger charge is 2.23. The second-order valence-electron chi connectivity index (χ2n) is 5.77. The molecule has 0 amide bonds. The molecule has 3 atom stereocenters. The van der Waals surface area contributed by atoms with Crippen molar-refractivity contribution in [1.29, 1.82) is 0 Å². The number of nitrogens with two attached hydrogens (primary N) is 1. The largest absolute Gasteiger partial charge is 0.357 e.